The molecule has 0 saturated heterocycles. The minimum absolute atomic E-state index is 0.0160. The maximum absolute atomic E-state index is 14.1. The minimum Gasteiger partial charge on any atom is -0.493 e. The van der Waals surface area contributed by atoms with E-state index < -0.39 is 11.9 Å². The molecule has 7 heteroatoms. The smallest absolute Gasteiger partial charge is 0.337 e. The SMILES string of the molecule is CC[C@H](C)OC(=O)C1=C(C)NC2=C(C(=O)C[C@@H](c3ccc(OC)c(OC)c3)C2)[C@@H]1c1ccccc1OCc1ccccc1. The molecule has 2 aliphatic rings. The highest BCUT2D eigenvalue weighted by molar-refractivity contribution is 6.04. The second-order valence-electron chi connectivity index (χ2n) is 11.1. The fourth-order valence-corrected chi connectivity index (χ4v) is 5.88. The van der Waals surface area contributed by atoms with Crippen LogP contribution in [-0.4, -0.2) is 32.1 Å². The molecule has 1 heterocycles. The van der Waals surface area contributed by atoms with E-state index in [1.54, 1.807) is 14.2 Å². The van der Waals surface area contributed by atoms with Crippen molar-refractivity contribution < 1.29 is 28.5 Å². The van der Waals surface area contributed by atoms with E-state index >= 15 is 0 Å². The molecule has 0 aromatic heterocycles. The van der Waals surface area contributed by atoms with Crippen LogP contribution in [0.15, 0.2) is 95.3 Å². The molecule has 224 valence electrons. The third kappa shape index (κ3) is 6.31. The molecule has 7 nitrogen and oxygen atoms in total. The minimum atomic E-state index is -0.626. The number of carbonyl (C=O) groups excluding carboxylic acids is 2. The lowest BCUT2D eigenvalue weighted by Crippen LogP contribution is -2.36. The van der Waals surface area contributed by atoms with Crippen molar-refractivity contribution in [2.75, 3.05) is 14.2 Å². The maximum atomic E-state index is 14.1. The van der Waals surface area contributed by atoms with Crippen LogP contribution < -0.4 is 19.5 Å². The molecule has 3 atom stereocenters. The number of para-hydroxylation sites is 1. The number of esters is 1. The summed E-state index contributed by atoms with van der Waals surface area (Å²) in [5.41, 5.74) is 5.30. The number of Topliss-reactive ketones (excluding diaryl/α,β-unsaturated/α-hetero) is 1. The van der Waals surface area contributed by atoms with Crippen LogP contribution in [0.1, 0.15) is 68.6 Å². The molecule has 0 unspecified atom stereocenters. The quantitative estimate of drug-likeness (QED) is 0.259. The molecule has 0 amide bonds. The molecule has 1 N–H and O–H groups in total. The topological polar surface area (TPSA) is 83.1 Å². The lowest BCUT2D eigenvalue weighted by molar-refractivity contribution is -0.144. The van der Waals surface area contributed by atoms with Gasteiger partial charge in [0.25, 0.3) is 0 Å². The number of allylic oxidation sites excluding steroid dienone is 3. The van der Waals surface area contributed by atoms with E-state index in [4.69, 9.17) is 18.9 Å². The Hall–Kier alpha value is -4.52. The molecule has 3 aromatic carbocycles. The standard InChI is InChI=1S/C36H39NO6/c1-6-22(2)43-36(39)33-23(3)37-28-18-26(25-16-17-31(40-4)32(20-25)41-5)19-29(38)35(28)34(33)27-14-10-11-15-30(27)42-21-24-12-8-7-9-13-24/h7-17,20,22,26,34,37H,6,18-19,21H2,1-5H3/t22-,26-,34+/m0/s1. The van der Waals surface area contributed by atoms with E-state index in [9.17, 15) is 9.59 Å². The Morgan fingerprint density at radius 3 is 2.37 bits per heavy atom. The van der Waals surface area contributed by atoms with Gasteiger partial charge in [-0.1, -0.05) is 61.5 Å². The summed E-state index contributed by atoms with van der Waals surface area (Å²) in [6.45, 7) is 6.09. The van der Waals surface area contributed by atoms with Gasteiger partial charge in [0.15, 0.2) is 17.3 Å². The fourth-order valence-electron chi connectivity index (χ4n) is 5.88. The van der Waals surface area contributed by atoms with E-state index in [1.165, 1.54) is 0 Å². The zero-order valence-corrected chi connectivity index (χ0v) is 25.4. The summed E-state index contributed by atoms with van der Waals surface area (Å²) >= 11 is 0. The van der Waals surface area contributed by atoms with Crippen LogP contribution in [0.4, 0.5) is 0 Å². The number of nitrogens with one attached hydrogen (secondary N) is 1. The Kier molecular flexibility index (Phi) is 9.19. The molecule has 0 bridgehead atoms. The van der Waals surface area contributed by atoms with Crippen LogP contribution in [0.25, 0.3) is 0 Å². The molecule has 0 spiro atoms. The summed E-state index contributed by atoms with van der Waals surface area (Å²) in [6.07, 6.45) is 1.33. The first-order chi connectivity index (χ1) is 20.8. The number of benzene rings is 3. The summed E-state index contributed by atoms with van der Waals surface area (Å²) in [6, 6.07) is 23.4. The normalized spacial score (nSPS) is 18.9. The van der Waals surface area contributed by atoms with Gasteiger partial charge in [0.1, 0.15) is 12.4 Å². The molecular weight excluding hydrogens is 542 g/mol. The molecular formula is C36H39NO6. The molecule has 0 radical (unpaired) electrons. The van der Waals surface area contributed by atoms with Crippen LogP contribution in [0.2, 0.25) is 0 Å². The van der Waals surface area contributed by atoms with Crippen molar-refractivity contribution in [3.63, 3.8) is 0 Å². The Morgan fingerprint density at radius 1 is 0.930 bits per heavy atom. The lowest BCUT2D eigenvalue weighted by Gasteiger charge is -2.37. The molecule has 0 fully saturated rings. The fraction of sp³-hybridized carbons (Fsp3) is 0.333. The van der Waals surface area contributed by atoms with Gasteiger partial charge in [-0.25, -0.2) is 4.79 Å². The first-order valence-corrected chi connectivity index (χ1v) is 14.8. The molecule has 43 heavy (non-hydrogen) atoms. The van der Waals surface area contributed by atoms with Crippen molar-refractivity contribution in [3.05, 3.63) is 112 Å². The van der Waals surface area contributed by atoms with Crippen LogP contribution >= 0.6 is 0 Å². The van der Waals surface area contributed by atoms with Crippen molar-refractivity contribution in [2.24, 2.45) is 0 Å². The maximum Gasteiger partial charge on any atom is 0.337 e. The average molecular weight is 582 g/mol. The number of ether oxygens (including phenoxy) is 4. The van der Waals surface area contributed by atoms with E-state index in [0.717, 1.165) is 22.4 Å². The van der Waals surface area contributed by atoms with Crippen molar-refractivity contribution in [2.45, 2.75) is 64.6 Å². The highest BCUT2D eigenvalue weighted by Gasteiger charge is 2.42. The van der Waals surface area contributed by atoms with Gasteiger partial charge >= 0.3 is 5.97 Å². The molecule has 5 rings (SSSR count). The molecule has 0 saturated carbocycles. The van der Waals surface area contributed by atoms with Crippen molar-refractivity contribution in [1.29, 1.82) is 0 Å². The molecule has 1 aliphatic heterocycles. The monoisotopic (exact) mass is 581 g/mol. The van der Waals surface area contributed by atoms with Crippen LogP contribution in [0, 0.1) is 0 Å². The Morgan fingerprint density at radius 2 is 1.65 bits per heavy atom. The summed E-state index contributed by atoms with van der Waals surface area (Å²) < 4.78 is 23.1. The van der Waals surface area contributed by atoms with Crippen LogP contribution in [-0.2, 0) is 20.9 Å². The zero-order valence-electron chi connectivity index (χ0n) is 25.4. The number of carbonyl (C=O) groups is 2. The number of hydrogen-bond donors (Lipinski definition) is 1. The van der Waals surface area contributed by atoms with Crippen LogP contribution in [0.5, 0.6) is 17.2 Å². The number of rotatable bonds is 10. The van der Waals surface area contributed by atoms with Gasteiger partial charge in [-0.2, -0.15) is 0 Å². The Bertz CT molecular complexity index is 1560. The molecule has 3 aromatic rings. The van der Waals surface area contributed by atoms with E-state index in [0.29, 0.717) is 60.0 Å². The second-order valence-corrected chi connectivity index (χ2v) is 11.1. The average Bonchev–Trinajstić information content (AvgIpc) is 3.03. The number of dihydropyridines is 1. The van der Waals surface area contributed by atoms with Gasteiger partial charge in [0, 0.05) is 29.0 Å². The van der Waals surface area contributed by atoms with Crippen molar-refractivity contribution in [3.8, 4) is 17.2 Å². The first-order valence-electron chi connectivity index (χ1n) is 14.8. The zero-order chi connectivity index (χ0) is 30.5. The summed E-state index contributed by atoms with van der Waals surface area (Å²) in [7, 11) is 3.21. The van der Waals surface area contributed by atoms with Crippen LogP contribution in [0.3, 0.4) is 0 Å². The highest BCUT2D eigenvalue weighted by atomic mass is 16.5. The number of methoxy groups -OCH3 is 2. The third-order valence-electron chi connectivity index (χ3n) is 8.28. The van der Waals surface area contributed by atoms with E-state index in [2.05, 4.69) is 5.32 Å². The van der Waals surface area contributed by atoms with Gasteiger partial charge in [-0.05, 0) is 61.9 Å². The second kappa shape index (κ2) is 13.2. The first kappa shape index (κ1) is 30.0. The predicted octanol–water partition coefficient (Wildman–Crippen LogP) is 6.99. The van der Waals surface area contributed by atoms with Gasteiger partial charge in [0.05, 0.1) is 31.8 Å². The van der Waals surface area contributed by atoms with Gasteiger partial charge in [-0.15, -0.1) is 0 Å². The van der Waals surface area contributed by atoms with E-state index in [-0.39, 0.29) is 17.8 Å². The lowest BCUT2D eigenvalue weighted by atomic mass is 9.71. The number of hydrogen-bond acceptors (Lipinski definition) is 7. The number of ketones is 1. The third-order valence-corrected chi connectivity index (χ3v) is 8.28. The molecule has 1 aliphatic carbocycles. The Balaban J connectivity index is 1.56. The predicted molar refractivity (Wildman–Crippen MR) is 165 cm³/mol. The Labute approximate surface area is 253 Å². The largest absolute Gasteiger partial charge is 0.493 e. The van der Waals surface area contributed by atoms with Crippen molar-refractivity contribution in [1.82, 2.24) is 5.32 Å². The van der Waals surface area contributed by atoms with Gasteiger partial charge < -0.3 is 24.3 Å². The summed E-state index contributed by atoms with van der Waals surface area (Å²) in [5, 5.41) is 3.44. The summed E-state index contributed by atoms with van der Waals surface area (Å²) in [4.78, 5) is 27.9. The highest BCUT2D eigenvalue weighted by Crippen LogP contribution is 2.48. The van der Waals surface area contributed by atoms with Crippen molar-refractivity contribution >= 4 is 11.8 Å². The van der Waals surface area contributed by atoms with Gasteiger partial charge in [0.2, 0.25) is 0 Å². The van der Waals surface area contributed by atoms with Gasteiger partial charge in [-0.3, -0.25) is 4.79 Å². The van der Waals surface area contributed by atoms with E-state index in [1.807, 2.05) is 93.6 Å². The summed E-state index contributed by atoms with van der Waals surface area (Å²) in [5.74, 6) is 0.753.